The van der Waals surface area contributed by atoms with E-state index in [1.807, 2.05) is 30.3 Å². The van der Waals surface area contributed by atoms with Crippen LogP contribution in [0.2, 0.25) is 0 Å². The van der Waals surface area contributed by atoms with Gasteiger partial charge in [-0.05, 0) is 24.8 Å². The van der Waals surface area contributed by atoms with Crippen molar-refractivity contribution in [3.63, 3.8) is 0 Å². The number of carbonyl (C=O) groups excluding carboxylic acids is 3. The number of benzene rings is 1. The van der Waals surface area contributed by atoms with Gasteiger partial charge in [0.2, 0.25) is 5.91 Å². The smallest absolute Gasteiger partial charge is 0.315 e. The fourth-order valence-electron chi connectivity index (χ4n) is 2.69. The molecule has 0 saturated heterocycles. The topological polar surface area (TPSA) is 101 Å². The zero-order chi connectivity index (χ0) is 20.1. The summed E-state index contributed by atoms with van der Waals surface area (Å²) < 4.78 is 0. The van der Waals surface area contributed by atoms with Crippen LogP contribution in [0.25, 0.3) is 0 Å². The number of unbranched alkanes of at least 4 members (excludes halogenated alkanes) is 3. The molecule has 27 heavy (non-hydrogen) atoms. The van der Waals surface area contributed by atoms with Gasteiger partial charge in [-0.2, -0.15) is 0 Å². The molecule has 1 rings (SSSR count). The van der Waals surface area contributed by atoms with E-state index in [1.54, 1.807) is 0 Å². The second kappa shape index (κ2) is 13.1. The van der Waals surface area contributed by atoms with Crippen LogP contribution >= 0.6 is 11.6 Å². The number of aryl methyl sites for hydroxylation is 1. The van der Waals surface area contributed by atoms with Crippen molar-refractivity contribution in [3.05, 3.63) is 35.9 Å². The van der Waals surface area contributed by atoms with Crippen molar-refractivity contribution in [3.8, 4) is 0 Å². The highest BCUT2D eigenvalue weighted by molar-refractivity contribution is 6.32. The van der Waals surface area contributed by atoms with Crippen molar-refractivity contribution in [2.24, 2.45) is 5.73 Å². The molecule has 3 amide bonds. The SMILES string of the molecule is CCCCCCNC(=O)N[C@H](CC(N)=O)C(=O)[C@@H](Cl)CCc1ccccc1. The van der Waals surface area contributed by atoms with Gasteiger partial charge in [0.15, 0.2) is 5.78 Å². The number of rotatable bonds is 13. The summed E-state index contributed by atoms with van der Waals surface area (Å²) in [6, 6.07) is 8.17. The third-order valence-corrected chi connectivity index (χ3v) is 4.64. The van der Waals surface area contributed by atoms with E-state index in [4.69, 9.17) is 17.3 Å². The van der Waals surface area contributed by atoms with Gasteiger partial charge in [-0.3, -0.25) is 9.59 Å². The van der Waals surface area contributed by atoms with Crippen LogP contribution in [0.15, 0.2) is 30.3 Å². The molecule has 1 aromatic carbocycles. The lowest BCUT2D eigenvalue weighted by atomic mass is 10.0. The van der Waals surface area contributed by atoms with Crippen molar-refractivity contribution in [1.29, 1.82) is 0 Å². The van der Waals surface area contributed by atoms with E-state index >= 15 is 0 Å². The highest BCUT2D eigenvalue weighted by atomic mass is 35.5. The Morgan fingerprint density at radius 2 is 1.81 bits per heavy atom. The maximum absolute atomic E-state index is 12.6. The number of nitrogens with two attached hydrogens (primary N) is 1. The number of primary amides is 1. The number of amides is 3. The number of carbonyl (C=O) groups is 3. The van der Waals surface area contributed by atoms with E-state index in [0.29, 0.717) is 19.4 Å². The monoisotopic (exact) mass is 395 g/mol. The van der Waals surface area contributed by atoms with E-state index in [-0.39, 0.29) is 6.42 Å². The van der Waals surface area contributed by atoms with Crippen LogP contribution in [-0.4, -0.2) is 35.7 Å². The summed E-state index contributed by atoms with van der Waals surface area (Å²) >= 11 is 6.23. The number of alkyl halides is 1. The summed E-state index contributed by atoms with van der Waals surface area (Å²) in [5, 5.41) is 4.43. The molecule has 4 N–H and O–H groups in total. The minimum atomic E-state index is -1.02. The molecule has 1 aromatic rings. The van der Waals surface area contributed by atoms with Crippen molar-refractivity contribution >= 4 is 29.3 Å². The Labute approximate surface area is 166 Å². The Balaban J connectivity index is 2.51. The molecule has 2 atom stereocenters. The molecular formula is C20H30ClN3O3. The van der Waals surface area contributed by atoms with Crippen LogP contribution in [0.3, 0.4) is 0 Å². The molecule has 0 aliphatic heterocycles. The Hall–Kier alpha value is -2.08. The third-order valence-electron chi connectivity index (χ3n) is 4.21. The van der Waals surface area contributed by atoms with Gasteiger partial charge >= 0.3 is 6.03 Å². The molecule has 0 bridgehead atoms. The number of hydrogen-bond donors (Lipinski definition) is 3. The summed E-state index contributed by atoms with van der Waals surface area (Å²) in [6.45, 7) is 2.63. The average Bonchev–Trinajstić information content (AvgIpc) is 2.65. The van der Waals surface area contributed by atoms with Crippen molar-refractivity contribution in [1.82, 2.24) is 10.6 Å². The largest absolute Gasteiger partial charge is 0.370 e. The summed E-state index contributed by atoms with van der Waals surface area (Å²) in [4.78, 5) is 35.9. The van der Waals surface area contributed by atoms with Crippen LogP contribution in [0, 0.1) is 0 Å². The van der Waals surface area contributed by atoms with E-state index in [2.05, 4.69) is 17.6 Å². The van der Waals surface area contributed by atoms with Crippen LogP contribution in [-0.2, 0) is 16.0 Å². The van der Waals surface area contributed by atoms with Gasteiger partial charge in [0, 0.05) is 6.54 Å². The molecule has 0 spiro atoms. The van der Waals surface area contributed by atoms with E-state index in [9.17, 15) is 14.4 Å². The summed E-state index contributed by atoms with van der Waals surface area (Å²) in [5.74, 6) is -1.06. The van der Waals surface area contributed by atoms with Crippen LogP contribution in [0.1, 0.15) is 51.0 Å². The van der Waals surface area contributed by atoms with Gasteiger partial charge in [0.05, 0.1) is 17.8 Å². The Kier molecular flexibility index (Phi) is 11.2. The summed E-state index contributed by atoms with van der Waals surface area (Å²) in [7, 11) is 0. The van der Waals surface area contributed by atoms with Gasteiger partial charge in [-0.15, -0.1) is 11.6 Å². The number of urea groups is 1. The normalized spacial score (nSPS) is 12.8. The van der Waals surface area contributed by atoms with Crippen molar-refractivity contribution < 1.29 is 14.4 Å². The molecule has 0 heterocycles. The minimum absolute atomic E-state index is 0.267. The second-order valence-electron chi connectivity index (χ2n) is 6.58. The van der Waals surface area contributed by atoms with E-state index in [1.165, 1.54) is 0 Å². The number of halogens is 1. The van der Waals surface area contributed by atoms with E-state index in [0.717, 1.165) is 31.2 Å². The second-order valence-corrected chi connectivity index (χ2v) is 7.10. The molecule has 0 aromatic heterocycles. The number of hydrogen-bond acceptors (Lipinski definition) is 3. The number of ketones is 1. The highest BCUT2D eigenvalue weighted by Gasteiger charge is 2.28. The fourth-order valence-corrected chi connectivity index (χ4v) is 2.95. The molecule has 0 aliphatic rings. The molecule has 150 valence electrons. The lowest BCUT2D eigenvalue weighted by Gasteiger charge is -2.19. The van der Waals surface area contributed by atoms with Crippen LogP contribution in [0.5, 0.6) is 0 Å². The predicted molar refractivity (Wildman–Crippen MR) is 108 cm³/mol. The molecule has 6 nitrogen and oxygen atoms in total. The molecule has 7 heteroatoms. The maximum Gasteiger partial charge on any atom is 0.315 e. The molecule has 0 aliphatic carbocycles. The fraction of sp³-hybridized carbons (Fsp3) is 0.550. The first-order valence-electron chi connectivity index (χ1n) is 9.48. The Morgan fingerprint density at radius 3 is 2.44 bits per heavy atom. The first-order valence-corrected chi connectivity index (χ1v) is 9.92. The quantitative estimate of drug-likeness (QED) is 0.353. The minimum Gasteiger partial charge on any atom is -0.370 e. The predicted octanol–water partition coefficient (Wildman–Crippen LogP) is 2.92. The summed E-state index contributed by atoms with van der Waals surface area (Å²) in [6.07, 6.45) is 4.90. The number of Topliss-reactive ketones (excluding diaryl/α,β-unsaturated/α-hetero) is 1. The van der Waals surface area contributed by atoms with Gasteiger partial charge in [0.25, 0.3) is 0 Å². The molecule has 0 unspecified atom stereocenters. The Bertz CT molecular complexity index is 595. The van der Waals surface area contributed by atoms with Crippen molar-refractivity contribution in [2.45, 2.75) is 63.3 Å². The average molecular weight is 396 g/mol. The number of nitrogens with one attached hydrogen (secondary N) is 2. The zero-order valence-electron chi connectivity index (χ0n) is 15.9. The lowest BCUT2D eigenvalue weighted by Crippen LogP contribution is -2.50. The maximum atomic E-state index is 12.6. The van der Waals surface area contributed by atoms with Crippen molar-refractivity contribution in [2.75, 3.05) is 6.54 Å². The molecule has 0 saturated carbocycles. The first-order chi connectivity index (χ1) is 12.9. The third kappa shape index (κ3) is 9.99. The van der Waals surface area contributed by atoms with Crippen LogP contribution in [0.4, 0.5) is 4.79 Å². The first kappa shape index (κ1) is 23.0. The van der Waals surface area contributed by atoms with E-state index < -0.39 is 29.1 Å². The highest BCUT2D eigenvalue weighted by Crippen LogP contribution is 2.13. The standard InChI is InChI=1S/C20H30ClN3O3/c1-2-3-4-8-13-23-20(27)24-17(14-18(22)25)19(26)16(21)12-11-15-9-6-5-7-10-15/h5-7,9-10,16-17H,2-4,8,11-14H2,1H3,(H2,22,25)(H2,23,24,27)/t16-,17+/m0/s1. The van der Waals surface area contributed by atoms with Crippen LogP contribution < -0.4 is 16.4 Å². The van der Waals surface area contributed by atoms with Gasteiger partial charge in [-0.25, -0.2) is 4.79 Å². The lowest BCUT2D eigenvalue weighted by molar-refractivity contribution is -0.125. The summed E-state index contributed by atoms with van der Waals surface area (Å²) in [5.41, 5.74) is 6.29. The molecule has 0 radical (unpaired) electrons. The van der Waals surface area contributed by atoms with Gasteiger partial charge in [-0.1, -0.05) is 56.5 Å². The molecule has 0 fully saturated rings. The van der Waals surface area contributed by atoms with Gasteiger partial charge in [0.1, 0.15) is 0 Å². The molecular weight excluding hydrogens is 366 g/mol. The van der Waals surface area contributed by atoms with Gasteiger partial charge < -0.3 is 16.4 Å². The Morgan fingerprint density at radius 1 is 1.11 bits per heavy atom. The zero-order valence-corrected chi connectivity index (χ0v) is 16.6.